The molecule has 0 amide bonds. The molecule has 192 valence electrons. The zero-order valence-corrected chi connectivity index (χ0v) is 26.8. The lowest BCUT2D eigenvalue weighted by Crippen LogP contribution is -2.22. The van der Waals surface area contributed by atoms with Crippen molar-refractivity contribution in [1.29, 1.82) is 0 Å². The maximum atomic E-state index is 13.3. The van der Waals surface area contributed by atoms with Crippen molar-refractivity contribution in [2.45, 2.75) is 26.4 Å². The highest BCUT2D eigenvalue weighted by atomic mass is 79.9. The quantitative estimate of drug-likeness (QED) is 0.169. The van der Waals surface area contributed by atoms with Crippen molar-refractivity contribution >= 4 is 92.4 Å². The Balaban J connectivity index is 1.72. The number of ether oxygens (including phenoxy) is 2. The molecule has 0 spiro atoms. The average Bonchev–Trinajstić information content (AvgIpc) is 2.87. The molecule has 4 rings (SSSR count). The third-order valence-corrected chi connectivity index (χ3v) is 8.59. The van der Waals surface area contributed by atoms with Crippen LogP contribution in [0.5, 0.6) is 11.5 Å². The Hall–Kier alpha value is -1.72. The number of hydrogen-bond acceptors (Lipinski definition) is 5. The minimum atomic E-state index is -0.250. The van der Waals surface area contributed by atoms with E-state index in [4.69, 9.17) is 21.1 Å². The Morgan fingerprint density at radius 1 is 1.08 bits per heavy atom. The summed E-state index contributed by atoms with van der Waals surface area (Å²) in [5, 5.41) is 5.31. The van der Waals surface area contributed by atoms with Gasteiger partial charge in [-0.05, 0) is 58.7 Å². The Bertz CT molecular complexity index is 1570. The molecule has 0 fully saturated rings. The minimum Gasteiger partial charge on any atom is -0.493 e. The first-order valence-electron chi connectivity index (χ1n) is 11.1. The smallest absolute Gasteiger partial charge is 0.282 e. The molecule has 0 saturated carbocycles. The number of halogens is 5. The van der Waals surface area contributed by atoms with Crippen LogP contribution in [0.2, 0.25) is 5.02 Å². The Labute approximate surface area is 252 Å². The van der Waals surface area contributed by atoms with Gasteiger partial charge in [-0.15, -0.1) is 0 Å². The van der Waals surface area contributed by atoms with Crippen molar-refractivity contribution < 1.29 is 9.47 Å². The third-order valence-electron chi connectivity index (χ3n) is 5.42. The van der Waals surface area contributed by atoms with Crippen LogP contribution in [0.1, 0.15) is 30.3 Å². The van der Waals surface area contributed by atoms with Gasteiger partial charge in [0.2, 0.25) is 0 Å². The molecular formula is C26H20Br4ClN3O3. The van der Waals surface area contributed by atoms with Gasteiger partial charge in [0.05, 0.1) is 24.2 Å². The van der Waals surface area contributed by atoms with Gasteiger partial charge < -0.3 is 9.47 Å². The number of hydrogen-bond donors (Lipinski definition) is 0. The molecule has 0 aliphatic heterocycles. The largest absolute Gasteiger partial charge is 0.493 e. The summed E-state index contributed by atoms with van der Waals surface area (Å²) in [5.74, 6) is 1.40. The van der Waals surface area contributed by atoms with Crippen LogP contribution in [0.3, 0.4) is 0 Å². The van der Waals surface area contributed by atoms with E-state index in [2.05, 4.69) is 73.8 Å². The van der Waals surface area contributed by atoms with E-state index in [9.17, 15) is 4.79 Å². The average molecular weight is 778 g/mol. The monoisotopic (exact) mass is 773 g/mol. The second-order valence-corrected chi connectivity index (χ2v) is 11.8. The summed E-state index contributed by atoms with van der Waals surface area (Å²) < 4.78 is 16.2. The fraction of sp³-hybridized carbons (Fsp3) is 0.192. The summed E-state index contributed by atoms with van der Waals surface area (Å²) in [4.78, 5) is 18.0. The van der Waals surface area contributed by atoms with E-state index in [1.54, 1.807) is 18.3 Å². The van der Waals surface area contributed by atoms with Crippen LogP contribution < -0.4 is 15.0 Å². The van der Waals surface area contributed by atoms with Gasteiger partial charge in [0.25, 0.3) is 5.56 Å². The van der Waals surface area contributed by atoms with E-state index in [1.807, 2.05) is 37.3 Å². The van der Waals surface area contributed by atoms with E-state index in [0.717, 1.165) is 25.4 Å². The van der Waals surface area contributed by atoms with E-state index in [0.29, 0.717) is 49.7 Å². The molecule has 11 heteroatoms. The minimum absolute atomic E-state index is 0.250. The second-order valence-electron chi connectivity index (χ2n) is 7.95. The number of rotatable bonds is 8. The normalized spacial score (nSPS) is 11.4. The van der Waals surface area contributed by atoms with Crippen molar-refractivity contribution in [3.63, 3.8) is 0 Å². The highest BCUT2D eigenvalue weighted by Crippen LogP contribution is 2.42. The van der Waals surface area contributed by atoms with Gasteiger partial charge in [0, 0.05) is 35.4 Å². The first kappa shape index (κ1) is 28.3. The molecule has 1 heterocycles. The summed E-state index contributed by atoms with van der Waals surface area (Å²) in [6.45, 7) is 2.30. The molecule has 0 aliphatic carbocycles. The summed E-state index contributed by atoms with van der Waals surface area (Å²) in [6.07, 6.45) is 2.97. The van der Waals surface area contributed by atoms with E-state index in [-0.39, 0.29) is 12.2 Å². The van der Waals surface area contributed by atoms with Gasteiger partial charge in [-0.1, -0.05) is 72.4 Å². The molecule has 3 aromatic carbocycles. The van der Waals surface area contributed by atoms with Gasteiger partial charge in [-0.25, -0.2) is 4.98 Å². The van der Waals surface area contributed by atoms with Crippen LogP contribution in [0, 0.1) is 0 Å². The van der Waals surface area contributed by atoms with Crippen molar-refractivity contribution in [2.24, 2.45) is 5.10 Å². The number of aryl methyl sites for hydroxylation is 1. The number of fused-ring (bicyclic) bond motifs is 1. The molecule has 0 bridgehead atoms. The Kier molecular flexibility index (Phi) is 9.50. The molecule has 1 aromatic heterocycles. The number of benzene rings is 3. The van der Waals surface area contributed by atoms with Crippen LogP contribution in [-0.4, -0.2) is 23.0 Å². The fourth-order valence-corrected chi connectivity index (χ4v) is 5.77. The number of aromatic nitrogens is 2. The third kappa shape index (κ3) is 6.30. The molecule has 0 atom stereocenters. The highest BCUT2D eigenvalue weighted by Gasteiger charge is 2.18. The summed E-state index contributed by atoms with van der Waals surface area (Å²) >= 11 is 20.7. The van der Waals surface area contributed by atoms with Crippen LogP contribution >= 0.6 is 75.3 Å². The van der Waals surface area contributed by atoms with Gasteiger partial charge in [0.1, 0.15) is 17.5 Å². The van der Waals surface area contributed by atoms with E-state index < -0.39 is 0 Å². The van der Waals surface area contributed by atoms with E-state index in [1.165, 1.54) is 11.8 Å². The number of nitrogens with zero attached hydrogens (tertiary/aromatic N) is 3. The summed E-state index contributed by atoms with van der Waals surface area (Å²) in [7, 11) is 1.54. The van der Waals surface area contributed by atoms with Crippen molar-refractivity contribution in [3.05, 3.63) is 92.7 Å². The fourth-order valence-electron chi connectivity index (χ4n) is 3.59. The van der Waals surface area contributed by atoms with Crippen molar-refractivity contribution in [2.75, 3.05) is 7.11 Å². The predicted octanol–water partition coefficient (Wildman–Crippen LogP) is 8.52. The van der Waals surface area contributed by atoms with Crippen LogP contribution in [-0.2, 0) is 13.0 Å². The van der Waals surface area contributed by atoms with Gasteiger partial charge >= 0.3 is 0 Å². The van der Waals surface area contributed by atoms with Crippen molar-refractivity contribution in [3.8, 4) is 11.5 Å². The first-order chi connectivity index (χ1) is 17.7. The van der Waals surface area contributed by atoms with Gasteiger partial charge in [0.15, 0.2) is 11.5 Å². The molecular weight excluding hydrogens is 757 g/mol. The zero-order valence-electron chi connectivity index (χ0n) is 19.7. The lowest BCUT2D eigenvalue weighted by Gasteiger charge is -2.16. The maximum absolute atomic E-state index is 13.3. The molecule has 0 aliphatic rings. The van der Waals surface area contributed by atoms with Crippen LogP contribution in [0.4, 0.5) is 0 Å². The molecule has 0 radical (unpaired) electrons. The molecule has 0 unspecified atom stereocenters. The lowest BCUT2D eigenvalue weighted by atomic mass is 10.2. The summed E-state index contributed by atoms with van der Waals surface area (Å²) in [5.41, 5.74) is 1.94. The summed E-state index contributed by atoms with van der Waals surface area (Å²) in [6, 6.07) is 13.0. The Morgan fingerprint density at radius 3 is 2.51 bits per heavy atom. The zero-order chi connectivity index (χ0) is 26.7. The number of methoxy groups -OCH3 is 1. The standard InChI is InChI=1S/C26H20Br4ClN3O3/c1-3-4-22-33-20-8-7-16(27)10-18(20)26(35)34(22)32-12-15-9-21(36-2)25(24(31)23(15)30)37-13-14-5-6-17(28)11-19(14)29/h5-12H,3-4,13H2,1-2H3. The SMILES string of the molecule is CCCc1nc2ccc(Br)cc2c(=O)n1N=Cc1cc(OC)c(OCc2ccc(Br)cc2Br)c(Cl)c1Br. The first-order valence-corrected chi connectivity index (χ1v) is 14.7. The molecule has 6 nitrogen and oxygen atoms in total. The van der Waals surface area contributed by atoms with E-state index >= 15 is 0 Å². The molecule has 0 saturated heterocycles. The molecule has 37 heavy (non-hydrogen) atoms. The second kappa shape index (κ2) is 12.4. The van der Waals surface area contributed by atoms with Crippen molar-refractivity contribution in [1.82, 2.24) is 9.66 Å². The molecule has 0 N–H and O–H groups in total. The maximum Gasteiger partial charge on any atom is 0.282 e. The Morgan fingerprint density at radius 2 is 1.81 bits per heavy atom. The van der Waals surface area contributed by atoms with Gasteiger partial charge in [-0.2, -0.15) is 9.78 Å². The predicted molar refractivity (Wildman–Crippen MR) is 163 cm³/mol. The van der Waals surface area contributed by atoms with Gasteiger partial charge in [-0.3, -0.25) is 4.79 Å². The van der Waals surface area contributed by atoms with Crippen LogP contribution in [0.25, 0.3) is 10.9 Å². The highest BCUT2D eigenvalue weighted by molar-refractivity contribution is 9.11. The van der Waals surface area contributed by atoms with Crippen LogP contribution in [0.15, 0.2) is 70.3 Å². The lowest BCUT2D eigenvalue weighted by molar-refractivity contribution is 0.284. The topological polar surface area (TPSA) is 65.7 Å². The molecule has 4 aromatic rings.